The summed E-state index contributed by atoms with van der Waals surface area (Å²) in [7, 11) is 1.54. The number of ether oxygens (including phenoxy) is 1. The smallest absolute Gasteiger partial charge is 0.276 e. The van der Waals surface area contributed by atoms with Gasteiger partial charge in [-0.3, -0.25) is 10.1 Å². The molecule has 0 saturated heterocycles. The van der Waals surface area contributed by atoms with E-state index in [0.717, 1.165) is 17.3 Å². The third kappa shape index (κ3) is 3.49. The van der Waals surface area contributed by atoms with Gasteiger partial charge in [-0.25, -0.2) is 4.39 Å². The largest absolute Gasteiger partial charge is 0.494 e. The Morgan fingerprint density at radius 1 is 1.35 bits per heavy atom. The molecule has 134 valence electrons. The monoisotopic (exact) mass is 375 g/mol. The molecule has 0 atom stereocenters. The number of nitro groups is 1. The number of thioether (sulfide) groups is 1. The van der Waals surface area contributed by atoms with Crippen molar-refractivity contribution in [3.63, 3.8) is 0 Å². The summed E-state index contributed by atoms with van der Waals surface area (Å²) >= 11 is 1.10. The fourth-order valence-electron chi connectivity index (χ4n) is 2.38. The number of aromatic nitrogens is 4. The number of hydrogen-bond acceptors (Lipinski definition) is 7. The molecule has 0 radical (unpaired) electrons. The molecule has 10 heteroatoms. The van der Waals surface area contributed by atoms with E-state index < -0.39 is 10.7 Å². The molecule has 1 heterocycles. The molecule has 0 bridgehead atoms. The molecule has 8 nitrogen and oxygen atoms in total. The van der Waals surface area contributed by atoms with Crippen molar-refractivity contribution in [2.45, 2.75) is 17.8 Å². The molecule has 0 saturated carbocycles. The van der Waals surface area contributed by atoms with Gasteiger partial charge in [-0.2, -0.15) is 4.68 Å². The van der Waals surface area contributed by atoms with Gasteiger partial charge in [0.05, 0.1) is 17.6 Å². The fourth-order valence-corrected chi connectivity index (χ4v) is 3.29. The molecular formula is C16H14FN5O3S. The van der Waals surface area contributed by atoms with Crippen molar-refractivity contribution in [3.8, 4) is 11.4 Å². The number of tetrazole rings is 1. The molecule has 3 rings (SSSR count). The predicted molar refractivity (Wildman–Crippen MR) is 93.1 cm³/mol. The first kappa shape index (κ1) is 17.8. The van der Waals surface area contributed by atoms with E-state index in [9.17, 15) is 14.5 Å². The van der Waals surface area contributed by atoms with Crippen LogP contribution in [0.3, 0.4) is 0 Å². The number of halogens is 1. The van der Waals surface area contributed by atoms with E-state index in [0.29, 0.717) is 16.6 Å². The zero-order chi connectivity index (χ0) is 18.7. The molecule has 0 fully saturated rings. The average molecular weight is 375 g/mol. The summed E-state index contributed by atoms with van der Waals surface area (Å²) in [4.78, 5) is 10.5. The second-order valence-electron chi connectivity index (χ2n) is 5.33. The normalized spacial score (nSPS) is 10.7. The van der Waals surface area contributed by atoms with Gasteiger partial charge in [-0.05, 0) is 41.1 Å². The van der Waals surface area contributed by atoms with Gasteiger partial charge < -0.3 is 4.74 Å². The first-order chi connectivity index (χ1) is 12.5. The highest BCUT2D eigenvalue weighted by Gasteiger charge is 2.20. The number of methoxy groups -OCH3 is 1. The average Bonchev–Trinajstić information content (AvgIpc) is 3.08. The Kier molecular flexibility index (Phi) is 5.12. The number of nitrogens with zero attached hydrogens (tertiary/aromatic N) is 5. The molecule has 26 heavy (non-hydrogen) atoms. The van der Waals surface area contributed by atoms with E-state index in [2.05, 4.69) is 15.5 Å². The second-order valence-corrected chi connectivity index (χ2v) is 6.27. The molecule has 1 aromatic heterocycles. The SMILES string of the molecule is COc1ccc(C)cc1-n1nnnc1SCc1c(F)cccc1[N+](=O)[O-]. The molecular weight excluding hydrogens is 361 g/mol. The Labute approximate surface area is 152 Å². The van der Waals surface area contributed by atoms with Crippen LogP contribution in [-0.4, -0.2) is 32.2 Å². The van der Waals surface area contributed by atoms with Gasteiger partial charge in [0.1, 0.15) is 17.3 Å². The molecule has 0 aliphatic heterocycles. The summed E-state index contributed by atoms with van der Waals surface area (Å²) in [5.74, 6) is -0.0576. The van der Waals surface area contributed by atoms with Gasteiger partial charge in [0, 0.05) is 11.8 Å². The topological polar surface area (TPSA) is 96.0 Å². The van der Waals surface area contributed by atoms with Crippen molar-refractivity contribution < 1.29 is 14.1 Å². The molecule has 0 amide bonds. The Morgan fingerprint density at radius 3 is 2.88 bits per heavy atom. The van der Waals surface area contributed by atoms with Gasteiger partial charge in [-0.15, -0.1) is 5.10 Å². The number of nitro benzene ring substituents is 1. The van der Waals surface area contributed by atoms with E-state index in [-0.39, 0.29) is 17.0 Å². The van der Waals surface area contributed by atoms with Crippen LogP contribution >= 0.6 is 11.8 Å². The molecule has 0 N–H and O–H groups in total. The summed E-state index contributed by atoms with van der Waals surface area (Å²) in [6, 6.07) is 9.31. The number of hydrogen-bond donors (Lipinski definition) is 0. The van der Waals surface area contributed by atoms with Crippen molar-refractivity contribution in [1.29, 1.82) is 0 Å². The van der Waals surface area contributed by atoms with Crippen LogP contribution in [0, 0.1) is 22.9 Å². The van der Waals surface area contributed by atoms with Gasteiger partial charge >= 0.3 is 0 Å². The highest BCUT2D eigenvalue weighted by Crippen LogP contribution is 2.31. The molecule has 0 unspecified atom stereocenters. The van der Waals surface area contributed by atoms with Crippen LogP contribution in [-0.2, 0) is 5.75 Å². The molecule has 0 aliphatic rings. The van der Waals surface area contributed by atoms with Crippen LogP contribution in [0.5, 0.6) is 5.75 Å². The summed E-state index contributed by atoms with van der Waals surface area (Å²) in [5, 5.41) is 23.0. The number of aryl methyl sites for hydroxylation is 1. The summed E-state index contributed by atoms with van der Waals surface area (Å²) in [6.07, 6.45) is 0. The van der Waals surface area contributed by atoms with Gasteiger partial charge in [0.25, 0.3) is 5.69 Å². The van der Waals surface area contributed by atoms with E-state index in [1.807, 2.05) is 19.1 Å². The highest BCUT2D eigenvalue weighted by molar-refractivity contribution is 7.98. The highest BCUT2D eigenvalue weighted by atomic mass is 32.2. The van der Waals surface area contributed by atoms with E-state index in [1.54, 1.807) is 6.07 Å². The Bertz CT molecular complexity index is 963. The maximum atomic E-state index is 14.0. The lowest BCUT2D eigenvalue weighted by molar-refractivity contribution is -0.385. The third-order valence-corrected chi connectivity index (χ3v) is 4.59. The second kappa shape index (κ2) is 7.48. The Balaban J connectivity index is 1.93. The minimum atomic E-state index is -0.640. The van der Waals surface area contributed by atoms with Gasteiger partial charge in [-0.1, -0.05) is 23.9 Å². The number of rotatable bonds is 6. The van der Waals surface area contributed by atoms with Crippen LogP contribution in [0.1, 0.15) is 11.1 Å². The minimum absolute atomic E-state index is 0.00624. The maximum absolute atomic E-state index is 14.0. The summed E-state index contributed by atoms with van der Waals surface area (Å²) < 4.78 is 20.8. The van der Waals surface area contributed by atoms with Gasteiger partial charge in [0.2, 0.25) is 5.16 Å². The van der Waals surface area contributed by atoms with Gasteiger partial charge in [0.15, 0.2) is 0 Å². The predicted octanol–water partition coefficient (Wildman–Crippen LogP) is 3.32. The van der Waals surface area contributed by atoms with Crippen LogP contribution in [0.25, 0.3) is 5.69 Å². The van der Waals surface area contributed by atoms with Crippen molar-refractivity contribution in [2.75, 3.05) is 7.11 Å². The first-order valence-corrected chi connectivity index (χ1v) is 8.47. The zero-order valence-corrected chi connectivity index (χ0v) is 14.7. The van der Waals surface area contributed by atoms with Crippen LogP contribution < -0.4 is 4.74 Å². The Morgan fingerprint density at radius 2 is 2.15 bits per heavy atom. The molecule has 2 aromatic carbocycles. The van der Waals surface area contributed by atoms with Crippen molar-refractivity contribution >= 4 is 17.4 Å². The maximum Gasteiger partial charge on any atom is 0.276 e. The minimum Gasteiger partial charge on any atom is -0.494 e. The lowest BCUT2D eigenvalue weighted by Crippen LogP contribution is -2.03. The standard InChI is InChI=1S/C16H14FN5O3S/c1-10-6-7-15(25-2)14(8-10)21-16(18-19-20-21)26-9-11-12(17)4-3-5-13(11)22(23)24/h3-8H,9H2,1-2H3. The zero-order valence-electron chi connectivity index (χ0n) is 13.9. The van der Waals surface area contributed by atoms with Crippen molar-refractivity contribution in [1.82, 2.24) is 20.2 Å². The van der Waals surface area contributed by atoms with Crippen LogP contribution in [0.15, 0.2) is 41.6 Å². The van der Waals surface area contributed by atoms with Crippen LogP contribution in [0.4, 0.5) is 10.1 Å². The summed E-state index contributed by atoms with van der Waals surface area (Å²) in [5.41, 5.74) is 1.33. The third-order valence-electron chi connectivity index (χ3n) is 3.64. The van der Waals surface area contributed by atoms with E-state index in [1.165, 1.54) is 30.0 Å². The molecule has 0 spiro atoms. The van der Waals surface area contributed by atoms with Crippen molar-refractivity contribution in [3.05, 3.63) is 63.5 Å². The lowest BCUT2D eigenvalue weighted by Gasteiger charge is -2.10. The van der Waals surface area contributed by atoms with Crippen molar-refractivity contribution in [2.24, 2.45) is 0 Å². The quantitative estimate of drug-likeness (QED) is 0.370. The molecule has 3 aromatic rings. The lowest BCUT2D eigenvalue weighted by atomic mass is 10.2. The Hall–Kier alpha value is -3.01. The van der Waals surface area contributed by atoms with Crippen LogP contribution in [0.2, 0.25) is 0 Å². The van der Waals surface area contributed by atoms with E-state index >= 15 is 0 Å². The first-order valence-electron chi connectivity index (χ1n) is 7.49. The number of benzene rings is 2. The molecule has 0 aliphatic carbocycles. The summed E-state index contributed by atoms with van der Waals surface area (Å²) in [6.45, 7) is 1.92. The van der Waals surface area contributed by atoms with E-state index in [4.69, 9.17) is 4.74 Å². The fraction of sp³-hybridized carbons (Fsp3) is 0.188.